The zero-order valence-corrected chi connectivity index (χ0v) is 19.0. The number of halogens is 6. The molecular formula is C26H19F6N3O2. The van der Waals surface area contributed by atoms with Crippen molar-refractivity contribution < 1.29 is 35.9 Å². The SMILES string of the molecule is O=C(NCc1ccccc1OCC(F)(F)F)c1nn(-c2cccc(F)c2)c(-c2ccccc2)c1C(F)F. The maximum atomic E-state index is 14.3. The number of ether oxygens (including phenoxy) is 1. The van der Waals surface area contributed by atoms with Gasteiger partial charge in [-0.25, -0.2) is 17.9 Å². The van der Waals surface area contributed by atoms with Gasteiger partial charge in [0.05, 0.1) is 16.9 Å². The zero-order chi connectivity index (χ0) is 26.6. The molecule has 5 nitrogen and oxygen atoms in total. The number of hydrogen-bond acceptors (Lipinski definition) is 3. The Kier molecular flexibility index (Phi) is 7.51. The quantitative estimate of drug-likeness (QED) is 0.271. The average Bonchev–Trinajstić information content (AvgIpc) is 3.28. The normalized spacial score (nSPS) is 11.5. The van der Waals surface area contributed by atoms with E-state index in [9.17, 15) is 31.1 Å². The molecule has 0 radical (unpaired) electrons. The molecule has 0 saturated heterocycles. The fraction of sp³-hybridized carbons (Fsp3) is 0.154. The molecule has 0 saturated carbocycles. The Balaban J connectivity index is 1.71. The average molecular weight is 519 g/mol. The monoisotopic (exact) mass is 519 g/mol. The van der Waals surface area contributed by atoms with E-state index in [4.69, 9.17) is 4.74 Å². The molecule has 37 heavy (non-hydrogen) atoms. The highest BCUT2D eigenvalue weighted by Gasteiger charge is 2.31. The van der Waals surface area contributed by atoms with Gasteiger partial charge in [0.1, 0.15) is 11.6 Å². The molecule has 0 aliphatic rings. The van der Waals surface area contributed by atoms with E-state index < -0.39 is 42.2 Å². The summed E-state index contributed by atoms with van der Waals surface area (Å²) in [4.78, 5) is 13.1. The lowest BCUT2D eigenvalue weighted by atomic mass is 10.0. The van der Waals surface area contributed by atoms with Gasteiger partial charge in [0, 0.05) is 17.7 Å². The van der Waals surface area contributed by atoms with Crippen LogP contribution in [0.25, 0.3) is 16.9 Å². The summed E-state index contributed by atoms with van der Waals surface area (Å²) in [6.45, 7) is -1.85. The van der Waals surface area contributed by atoms with Crippen molar-refractivity contribution >= 4 is 5.91 Å². The molecule has 0 unspecified atom stereocenters. The predicted molar refractivity (Wildman–Crippen MR) is 123 cm³/mol. The highest BCUT2D eigenvalue weighted by molar-refractivity contribution is 5.96. The molecule has 0 spiro atoms. The van der Waals surface area contributed by atoms with Gasteiger partial charge in [-0.2, -0.15) is 18.3 Å². The molecular weight excluding hydrogens is 500 g/mol. The predicted octanol–water partition coefficient (Wildman–Crippen LogP) is 6.49. The molecule has 1 aromatic heterocycles. The number of aromatic nitrogens is 2. The molecule has 1 heterocycles. The summed E-state index contributed by atoms with van der Waals surface area (Å²) >= 11 is 0. The molecule has 192 valence electrons. The third-order valence-electron chi connectivity index (χ3n) is 5.26. The number of amides is 1. The first kappa shape index (κ1) is 25.8. The van der Waals surface area contributed by atoms with Crippen LogP contribution in [0, 0.1) is 5.82 Å². The Hall–Kier alpha value is -4.28. The molecule has 4 aromatic rings. The molecule has 1 N–H and O–H groups in total. The third-order valence-corrected chi connectivity index (χ3v) is 5.26. The summed E-state index contributed by atoms with van der Waals surface area (Å²) in [5.74, 6) is -1.75. The van der Waals surface area contributed by atoms with Gasteiger partial charge >= 0.3 is 6.18 Å². The van der Waals surface area contributed by atoms with Crippen LogP contribution in [-0.2, 0) is 6.54 Å². The van der Waals surface area contributed by atoms with Gasteiger partial charge in [-0.3, -0.25) is 4.79 Å². The van der Waals surface area contributed by atoms with Crippen molar-refractivity contribution in [3.8, 4) is 22.7 Å². The second kappa shape index (κ2) is 10.8. The first-order valence-corrected chi connectivity index (χ1v) is 10.9. The molecule has 0 aliphatic heterocycles. The zero-order valence-electron chi connectivity index (χ0n) is 19.0. The van der Waals surface area contributed by atoms with E-state index in [2.05, 4.69) is 10.4 Å². The number of para-hydroxylation sites is 1. The second-order valence-corrected chi connectivity index (χ2v) is 7.86. The number of alkyl halides is 5. The van der Waals surface area contributed by atoms with Gasteiger partial charge in [0.2, 0.25) is 0 Å². The molecule has 3 aromatic carbocycles. The maximum absolute atomic E-state index is 14.3. The lowest BCUT2D eigenvalue weighted by Crippen LogP contribution is -2.25. The molecule has 0 fully saturated rings. The Morgan fingerprint density at radius 1 is 0.973 bits per heavy atom. The number of rotatable bonds is 8. The molecule has 1 amide bonds. The minimum Gasteiger partial charge on any atom is -0.484 e. The summed E-state index contributed by atoms with van der Waals surface area (Å²) in [5.41, 5.74) is -0.738. The van der Waals surface area contributed by atoms with Crippen LogP contribution < -0.4 is 10.1 Å². The van der Waals surface area contributed by atoms with Crippen LogP contribution in [-0.4, -0.2) is 28.5 Å². The van der Waals surface area contributed by atoms with E-state index in [1.807, 2.05) is 0 Å². The van der Waals surface area contributed by atoms with Crippen molar-refractivity contribution in [2.45, 2.75) is 19.1 Å². The number of hydrogen-bond donors (Lipinski definition) is 1. The topological polar surface area (TPSA) is 56.1 Å². The molecule has 0 bridgehead atoms. The van der Waals surface area contributed by atoms with E-state index in [0.29, 0.717) is 5.56 Å². The van der Waals surface area contributed by atoms with Crippen molar-refractivity contribution in [3.05, 3.63) is 102 Å². The highest BCUT2D eigenvalue weighted by atomic mass is 19.4. The van der Waals surface area contributed by atoms with Crippen LogP contribution in [0.4, 0.5) is 26.3 Å². The number of carbonyl (C=O) groups excluding carboxylic acids is 1. The highest BCUT2D eigenvalue weighted by Crippen LogP contribution is 2.36. The van der Waals surface area contributed by atoms with Gasteiger partial charge in [0.25, 0.3) is 12.3 Å². The van der Waals surface area contributed by atoms with Gasteiger partial charge in [-0.05, 0) is 24.3 Å². The molecule has 4 rings (SSSR count). The van der Waals surface area contributed by atoms with Gasteiger partial charge in [-0.15, -0.1) is 0 Å². The van der Waals surface area contributed by atoms with Crippen molar-refractivity contribution in [2.24, 2.45) is 0 Å². The number of carbonyl (C=O) groups is 1. The van der Waals surface area contributed by atoms with Crippen LogP contribution in [0.2, 0.25) is 0 Å². The van der Waals surface area contributed by atoms with Crippen molar-refractivity contribution in [2.75, 3.05) is 6.61 Å². The van der Waals surface area contributed by atoms with Crippen LogP contribution >= 0.6 is 0 Å². The number of nitrogens with one attached hydrogen (secondary N) is 1. The largest absolute Gasteiger partial charge is 0.484 e. The van der Waals surface area contributed by atoms with E-state index in [1.54, 1.807) is 30.3 Å². The van der Waals surface area contributed by atoms with Crippen LogP contribution in [0.5, 0.6) is 5.75 Å². The van der Waals surface area contributed by atoms with E-state index in [-0.39, 0.29) is 29.2 Å². The molecule has 0 atom stereocenters. The van der Waals surface area contributed by atoms with Crippen molar-refractivity contribution in [1.82, 2.24) is 15.1 Å². The Morgan fingerprint density at radius 2 is 1.68 bits per heavy atom. The molecule has 0 aliphatic carbocycles. The maximum Gasteiger partial charge on any atom is 0.422 e. The second-order valence-electron chi connectivity index (χ2n) is 7.86. The summed E-state index contributed by atoms with van der Waals surface area (Å²) in [7, 11) is 0. The first-order chi connectivity index (χ1) is 17.6. The number of benzene rings is 3. The summed E-state index contributed by atoms with van der Waals surface area (Å²) in [6.07, 6.45) is -7.69. The smallest absolute Gasteiger partial charge is 0.422 e. The van der Waals surface area contributed by atoms with E-state index in [0.717, 1.165) is 10.7 Å². The Bertz CT molecular complexity index is 1390. The molecule has 11 heteroatoms. The van der Waals surface area contributed by atoms with E-state index in [1.165, 1.54) is 42.5 Å². The summed E-state index contributed by atoms with van der Waals surface area (Å²) in [6, 6.07) is 18.8. The fourth-order valence-electron chi connectivity index (χ4n) is 3.68. The summed E-state index contributed by atoms with van der Waals surface area (Å²) < 4.78 is 86.2. The third kappa shape index (κ3) is 6.11. The minimum absolute atomic E-state index is 0.0970. The van der Waals surface area contributed by atoms with Crippen LogP contribution in [0.3, 0.4) is 0 Å². The fourth-order valence-corrected chi connectivity index (χ4v) is 3.68. The Morgan fingerprint density at radius 3 is 2.35 bits per heavy atom. The summed E-state index contributed by atoms with van der Waals surface area (Å²) in [5, 5.41) is 6.52. The van der Waals surface area contributed by atoms with Crippen molar-refractivity contribution in [3.63, 3.8) is 0 Å². The Labute approximate surface area is 207 Å². The minimum atomic E-state index is -4.57. The lowest BCUT2D eigenvalue weighted by molar-refractivity contribution is -0.153. The first-order valence-electron chi connectivity index (χ1n) is 10.9. The standard InChI is InChI=1S/C26H19F6N3O2/c27-18-10-6-11-19(13-18)35-23(16-7-2-1-3-8-16)21(24(28)29)22(34-35)25(36)33-14-17-9-4-5-12-20(17)37-15-26(30,31)32/h1-13,24H,14-15H2,(H,33,36). The van der Waals surface area contributed by atoms with E-state index >= 15 is 0 Å². The van der Waals surface area contributed by atoms with Crippen LogP contribution in [0.1, 0.15) is 28.0 Å². The van der Waals surface area contributed by atoms with Gasteiger partial charge in [0.15, 0.2) is 12.3 Å². The van der Waals surface area contributed by atoms with Gasteiger partial charge < -0.3 is 10.1 Å². The van der Waals surface area contributed by atoms with Crippen LogP contribution in [0.15, 0.2) is 78.9 Å². The number of nitrogens with zero attached hydrogens (tertiary/aromatic N) is 2. The van der Waals surface area contributed by atoms with Gasteiger partial charge in [-0.1, -0.05) is 54.6 Å². The lowest BCUT2D eigenvalue weighted by Gasteiger charge is -2.13. The van der Waals surface area contributed by atoms with Crippen molar-refractivity contribution in [1.29, 1.82) is 0 Å².